The smallest absolute Gasteiger partial charge is 0.416 e. The SMILES string of the molecule is O=S(=O)(c1ccc(C(F)(F)F)cc1)N1CCN(Cc2coc(-c3ccc(F)cc3)n2)CC1. The van der Waals surface area contributed by atoms with Gasteiger partial charge in [-0.3, -0.25) is 4.90 Å². The fourth-order valence-corrected chi connectivity index (χ4v) is 4.85. The average Bonchev–Trinajstić information content (AvgIpc) is 3.22. The molecule has 6 nitrogen and oxygen atoms in total. The Labute approximate surface area is 182 Å². The Morgan fingerprint density at radius 3 is 2.16 bits per heavy atom. The van der Waals surface area contributed by atoms with Crippen LogP contribution in [0.25, 0.3) is 11.5 Å². The minimum Gasteiger partial charge on any atom is -0.444 e. The first kappa shape index (κ1) is 22.4. The summed E-state index contributed by atoms with van der Waals surface area (Å²) in [5, 5.41) is 0. The summed E-state index contributed by atoms with van der Waals surface area (Å²) >= 11 is 0. The van der Waals surface area contributed by atoms with E-state index in [2.05, 4.69) is 4.98 Å². The summed E-state index contributed by atoms with van der Waals surface area (Å²) in [5.74, 6) is 0.00756. The van der Waals surface area contributed by atoms with E-state index in [-0.39, 0.29) is 23.8 Å². The molecule has 1 aliphatic heterocycles. The number of halogens is 4. The quantitative estimate of drug-likeness (QED) is 0.529. The molecule has 0 N–H and O–H groups in total. The van der Waals surface area contributed by atoms with Crippen LogP contribution in [0.1, 0.15) is 11.3 Å². The lowest BCUT2D eigenvalue weighted by atomic mass is 10.2. The fraction of sp³-hybridized carbons (Fsp3) is 0.286. The largest absolute Gasteiger partial charge is 0.444 e. The lowest BCUT2D eigenvalue weighted by molar-refractivity contribution is -0.137. The highest BCUT2D eigenvalue weighted by molar-refractivity contribution is 7.89. The van der Waals surface area contributed by atoms with Crippen molar-refractivity contribution >= 4 is 10.0 Å². The Hall–Kier alpha value is -2.76. The molecule has 2 aromatic carbocycles. The van der Waals surface area contributed by atoms with Crippen LogP contribution in [0.15, 0.2) is 64.1 Å². The van der Waals surface area contributed by atoms with Crippen LogP contribution in [-0.2, 0) is 22.7 Å². The van der Waals surface area contributed by atoms with E-state index in [1.54, 1.807) is 12.1 Å². The molecule has 11 heteroatoms. The number of aromatic nitrogens is 1. The first-order chi connectivity index (χ1) is 15.1. The molecule has 1 aromatic heterocycles. The first-order valence-corrected chi connectivity index (χ1v) is 11.2. The molecule has 1 fully saturated rings. The van der Waals surface area contributed by atoms with Gasteiger partial charge in [0.2, 0.25) is 15.9 Å². The number of oxazole rings is 1. The normalized spacial score (nSPS) is 16.4. The molecule has 2 heterocycles. The lowest BCUT2D eigenvalue weighted by Crippen LogP contribution is -2.48. The highest BCUT2D eigenvalue weighted by Gasteiger charge is 2.32. The van der Waals surface area contributed by atoms with Crippen molar-refractivity contribution < 1.29 is 30.4 Å². The van der Waals surface area contributed by atoms with Crippen LogP contribution in [0, 0.1) is 5.82 Å². The number of alkyl halides is 3. The molecule has 32 heavy (non-hydrogen) atoms. The van der Waals surface area contributed by atoms with Crippen molar-refractivity contribution in [1.29, 1.82) is 0 Å². The molecule has 3 aromatic rings. The Balaban J connectivity index is 1.36. The van der Waals surface area contributed by atoms with Gasteiger partial charge in [0.25, 0.3) is 0 Å². The second-order valence-corrected chi connectivity index (χ2v) is 9.29. The Bertz CT molecular complexity index is 1170. The number of benzene rings is 2. The van der Waals surface area contributed by atoms with E-state index < -0.39 is 21.8 Å². The van der Waals surface area contributed by atoms with Gasteiger partial charge in [0.1, 0.15) is 12.1 Å². The summed E-state index contributed by atoms with van der Waals surface area (Å²) in [6, 6.07) is 9.27. The van der Waals surface area contributed by atoms with Crippen LogP contribution in [0.4, 0.5) is 17.6 Å². The van der Waals surface area contributed by atoms with Crippen molar-refractivity contribution in [2.75, 3.05) is 26.2 Å². The molecular formula is C21H19F4N3O3S. The summed E-state index contributed by atoms with van der Waals surface area (Å²) in [5.41, 5.74) is 0.405. The third-order valence-corrected chi connectivity index (χ3v) is 7.09. The van der Waals surface area contributed by atoms with Crippen molar-refractivity contribution in [3.05, 3.63) is 71.9 Å². The van der Waals surface area contributed by atoms with Crippen molar-refractivity contribution in [1.82, 2.24) is 14.2 Å². The van der Waals surface area contributed by atoms with E-state index in [9.17, 15) is 26.0 Å². The predicted molar refractivity (Wildman–Crippen MR) is 107 cm³/mol. The number of rotatable bonds is 5. The van der Waals surface area contributed by atoms with E-state index in [0.717, 1.165) is 24.3 Å². The van der Waals surface area contributed by atoms with E-state index in [1.807, 2.05) is 4.90 Å². The number of hydrogen-bond donors (Lipinski definition) is 0. The Kier molecular flexibility index (Phi) is 6.06. The summed E-state index contributed by atoms with van der Waals surface area (Å²) < 4.78 is 83.5. The predicted octanol–water partition coefficient (Wildman–Crippen LogP) is 4.01. The molecule has 0 bridgehead atoms. The molecule has 1 saturated heterocycles. The summed E-state index contributed by atoms with van der Waals surface area (Å²) in [6.45, 7) is 1.70. The van der Waals surface area contributed by atoms with Crippen LogP contribution < -0.4 is 0 Å². The third-order valence-electron chi connectivity index (χ3n) is 5.18. The molecule has 0 amide bonds. The second kappa shape index (κ2) is 8.64. The van der Waals surface area contributed by atoms with E-state index in [1.165, 1.54) is 22.7 Å². The fourth-order valence-electron chi connectivity index (χ4n) is 3.43. The Morgan fingerprint density at radius 2 is 1.56 bits per heavy atom. The van der Waals surface area contributed by atoms with Crippen molar-refractivity contribution in [2.45, 2.75) is 17.6 Å². The standard InChI is InChI=1S/C21H19F4N3O3S/c22-17-5-1-15(2-6-17)20-26-18(14-31-20)13-27-9-11-28(12-10-27)32(29,30)19-7-3-16(4-8-19)21(23,24)25/h1-8,14H,9-13H2. The van der Waals surface area contributed by atoms with Crippen LogP contribution in [0.5, 0.6) is 0 Å². The monoisotopic (exact) mass is 469 g/mol. The second-order valence-electron chi connectivity index (χ2n) is 7.35. The van der Waals surface area contributed by atoms with Gasteiger partial charge in [-0.2, -0.15) is 17.5 Å². The first-order valence-electron chi connectivity index (χ1n) is 9.73. The zero-order chi connectivity index (χ0) is 22.9. The summed E-state index contributed by atoms with van der Waals surface area (Å²) in [7, 11) is -3.88. The van der Waals surface area contributed by atoms with Crippen molar-refractivity contribution in [3.8, 4) is 11.5 Å². The highest BCUT2D eigenvalue weighted by Crippen LogP contribution is 2.30. The molecule has 0 spiro atoms. The maximum Gasteiger partial charge on any atom is 0.416 e. The van der Waals surface area contributed by atoms with E-state index in [4.69, 9.17) is 4.42 Å². The molecule has 0 unspecified atom stereocenters. The summed E-state index contributed by atoms with van der Waals surface area (Å²) in [6.07, 6.45) is -3.02. The topological polar surface area (TPSA) is 66.7 Å². The van der Waals surface area contributed by atoms with Gasteiger partial charge in [0.15, 0.2) is 0 Å². The average molecular weight is 469 g/mol. The van der Waals surface area contributed by atoms with Gasteiger partial charge < -0.3 is 4.42 Å². The zero-order valence-corrected chi connectivity index (χ0v) is 17.5. The maximum atomic E-state index is 13.1. The molecule has 1 aliphatic rings. The van der Waals surface area contributed by atoms with Crippen molar-refractivity contribution in [3.63, 3.8) is 0 Å². The molecule has 0 atom stereocenters. The van der Waals surface area contributed by atoms with Crippen LogP contribution in [0.3, 0.4) is 0 Å². The molecule has 0 radical (unpaired) electrons. The van der Waals surface area contributed by atoms with Gasteiger partial charge in [-0.15, -0.1) is 0 Å². The van der Waals surface area contributed by atoms with Crippen LogP contribution >= 0.6 is 0 Å². The number of hydrogen-bond acceptors (Lipinski definition) is 5. The molecule has 4 rings (SSSR count). The van der Waals surface area contributed by atoms with Gasteiger partial charge in [-0.1, -0.05) is 0 Å². The maximum absolute atomic E-state index is 13.1. The van der Waals surface area contributed by atoms with E-state index >= 15 is 0 Å². The third kappa shape index (κ3) is 4.84. The van der Waals surface area contributed by atoms with Gasteiger partial charge in [-0.05, 0) is 48.5 Å². The van der Waals surface area contributed by atoms with E-state index in [0.29, 0.717) is 36.8 Å². The van der Waals surface area contributed by atoms with Gasteiger partial charge >= 0.3 is 6.18 Å². The number of sulfonamides is 1. The zero-order valence-electron chi connectivity index (χ0n) is 16.7. The van der Waals surface area contributed by atoms with Gasteiger partial charge in [0.05, 0.1) is 16.2 Å². The highest BCUT2D eigenvalue weighted by atomic mass is 32.2. The minimum absolute atomic E-state index is 0.167. The van der Waals surface area contributed by atoms with Crippen LogP contribution in [-0.4, -0.2) is 48.8 Å². The number of piperazine rings is 1. The molecule has 170 valence electrons. The van der Waals surface area contributed by atoms with Gasteiger partial charge in [-0.25, -0.2) is 17.8 Å². The molecular weight excluding hydrogens is 450 g/mol. The lowest BCUT2D eigenvalue weighted by Gasteiger charge is -2.33. The summed E-state index contributed by atoms with van der Waals surface area (Å²) in [4.78, 5) is 6.23. The van der Waals surface area contributed by atoms with Crippen LogP contribution in [0.2, 0.25) is 0 Å². The molecule has 0 saturated carbocycles. The van der Waals surface area contributed by atoms with Crippen molar-refractivity contribution in [2.24, 2.45) is 0 Å². The molecule has 0 aliphatic carbocycles. The minimum atomic E-state index is -4.52. The number of nitrogens with zero attached hydrogens (tertiary/aromatic N) is 3. The Morgan fingerprint density at radius 1 is 0.938 bits per heavy atom. The van der Waals surface area contributed by atoms with Gasteiger partial charge in [0, 0.05) is 38.3 Å².